The van der Waals surface area contributed by atoms with E-state index in [1.54, 1.807) is 24.5 Å². The van der Waals surface area contributed by atoms with Gasteiger partial charge in [0.2, 0.25) is 0 Å². The molecule has 0 bridgehead atoms. The Hall–Kier alpha value is -1.74. The van der Waals surface area contributed by atoms with Gasteiger partial charge in [-0.2, -0.15) is 0 Å². The molecule has 2 aromatic rings. The zero-order valence-corrected chi connectivity index (χ0v) is 10.7. The van der Waals surface area contributed by atoms with Crippen molar-refractivity contribution < 1.29 is 4.39 Å². The first-order chi connectivity index (χ1) is 8.49. The fourth-order valence-corrected chi connectivity index (χ4v) is 2.01. The van der Waals surface area contributed by atoms with Crippen LogP contribution in [0.15, 0.2) is 42.7 Å². The number of aromatic nitrogens is 1. The van der Waals surface area contributed by atoms with Crippen LogP contribution in [0.1, 0.15) is 23.6 Å². The lowest BCUT2D eigenvalue weighted by Crippen LogP contribution is -2.36. The number of halogens is 1. The molecule has 1 aromatic heterocycles. The molecule has 0 aliphatic heterocycles. The third-order valence-electron chi connectivity index (χ3n) is 3.05. The molecule has 3 heteroatoms. The quantitative estimate of drug-likeness (QED) is 0.901. The van der Waals surface area contributed by atoms with E-state index in [2.05, 4.69) is 4.98 Å². The van der Waals surface area contributed by atoms with Gasteiger partial charge in [-0.15, -0.1) is 0 Å². The van der Waals surface area contributed by atoms with E-state index >= 15 is 0 Å². The summed E-state index contributed by atoms with van der Waals surface area (Å²) in [5.74, 6) is -0.213. The first kappa shape index (κ1) is 12.7. The first-order valence-electron chi connectivity index (χ1n) is 5.93. The fraction of sp³-hybridized carbons (Fsp3) is 0.267. The Kier molecular flexibility index (Phi) is 3.43. The standard InChI is InChI=1S/C15H17FN2/c1-11-7-13(10-18-9-11)15(2,17)8-12-5-3-4-6-14(12)16/h3-7,9-10H,8,17H2,1-2H3. The summed E-state index contributed by atoms with van der Waals surface area (Å²) >= 11 is 0. The number of rotatable bonds is 3. The molecule has 0 fully saturated rings. The van der Waals surface area contributed by atoms with Gasteiger partial charge in [-0.3, -0.25) is 4.98 Å². The lowest BCUT2D eigenvalue weighted by Gasteiger charge is -2.25. The van der Waals surface area contributed by atoms with Gasteiger partial charge in [-0.1, -0.05) is 24.3 Å². The second kappa shape index (κ2) is 4.86. The predicted molar refractivity (Wildman–Crippen MR) is 70.6 cm³/mol. The molecule has 0 saturated heterocycles. The van der Waals surface area contributed by atoms with Crippen LogP contribution in [0.25, 0.3) is 0 Å². The number of benzene rings is 1. The van der Waals surface area contributed by atoms with Gasteiger partial charge in [0.15, 0.2) is 0 Å². The molecule has 0 amide bonds. The minimum atomic E-state index is -0.624. The minimum absolute atomic E-state index is 0.213. The zero-order chi connectivity index (χ0) is 13.2. The van der Waals surface area contributed by atoms with Crippen molar-refractivity contribution in [1.82, 2.24) is 4.98 Å². The van der Waals surface area contributed by atoms with Gasteiger partial charge >= 0.3 is 0 Å². The highest BCUT2D eigenvalue weighted by molar-refractivity contribution is 5.28. The topological polar surface area (TPSA) is 38.9 Å². The molecule has 2 rings (SSSR count). The summed E-state index contributed by atoms with van der Waals surface area (Å²) in [6.45, 7) is 3.87. The van der Waals surface area contributed by atoms with E-state index in [0.717, 1.165) is 11.1 Å². The molecule has 1 atom stereocenters. The number of aryl methyl sites for hydroxylation is 1. The van der Waals surface area contributed by atoms with E-state index in [1.807, 2.05) is 26.0 Å². The lowest BCUT2D eigenvalue weighted by molar-refractivity contribution is 0.473. The summed E-state index contributed by atoms with van der Waals surface area (Å²) < 4.78 is 13.6. The number of nitrogens with two attached hydrogens (primary N) is 1. The van der Waals surface area contributed by atoms with Gasteiger partial charge in [0, 0.05) is 17.9 Å². The van der Waals surface area contributed by atoms with Gasteiger partial charge in [0.05, 0.1) is 0 Å². The highest BCUT2D eigenvalue weighted by atomic mass is 19.1. The van der Waals surface area contributed by atoms with E-state index in [4.69, 9.17) is 5.73 Å². The lowest BCUT2D eigenvalue weighted by atomic mass is 9.87. The van der Waals surface area contributed by atoms with Gasteiger partial charge in [-0.25, -0.2) is 4.39 Å². The van der Waals surface area contributed by atoms with Gasteiger partial charge in [-0.05, 0) is 43.0 Å². The van der Waals surface area contributed by atoms with Crippen LogP contribution in [0, 0.1) is 12.7 Å². The summed E-state index contributed by atoms with van der Waals surface area (Å²) in [6, 6.07) is 8.72. The van der Waals surface area contributed by atoms with E-state index in [-0.39, 0.29) is 5.82 Å². The van der Waals surface area contributed by atoms with Crippen LogP contribution >= 0.6 is 0 Å². The maximum atomic E-state index is 13.6. The van der Waals surface area contributed by atoms with Crippen molar-refractivity contribution in [3.63, 3.8) is 0 Å². The van der Waals surface area contributed by atoms with Crippen molar-refractivity contribution >= 4 is 0 Å². The normalized spacial score (nSPS) is 14.2. The predicted octanol–water partition coefficient (Wildman–Crippen LogP) is 2.95. The van der Waals surface area contributed by atoms with E-state index in [1.165, 1.54) is 6.07 Å². The Balaban J connectivity index is 2.30. The van der Waals surface area contributed by atoms with Crippen LogP contribution in [0.4, 0.5) is 4.39 Å². The number of hydrogen-bond donors (Lipinski definition) is 1. The van der Waals surface area contributed by atoms with Crippen molar-refractivity contribution in [1.29, 1.82) is 0 Å². The maximum absolute atomic E-state index is 13.6. The Morgan fingerprint density at radius 1 is 1.28 bits per heavy atom. The summed E-state index contributed by atoms with van der Waals surface area (Å²) in [5.41, 5.74) is 8.28. The molecule has 1 heterocycles. The smallest absolute Gasteiger partial charge is 0.126 e. The van der Waals surface area contributed by atoms with Crippen LogP contribution < -0.4 is 5.73 Å². The second-order valence-electron chi connectivity index (χ2n) is 4.94. The summed E-state index contributed by atoms with van der Waals surface area (Å²) in [7, 11) is 0. The van der Waals surface area contributed by atoms with Crippen LogP contribution in [-0.2, 0) is 12.0 Å². The molecule has 2 nitrogen and oxygen atoms in total. The van der Waals surface area contributed by atoms with Crippen LogP contribution in [0.5, 0.6) is 0 Å². The van der Waals surface area contributed by atoms with Crippen molar-refractivity contribution in [2.75, 3.05) is 0 Å². The molecule has 0 aliphatic rings. The molecular weight excluding hydrogens is 227 g/mol. The van der Waals surface area contributed by atoms with Crippen LogP contribution in [0.3, 0.4) is 0 Å². The second-order valence-corrected chi connectivity index (χ2v) is 4.94. The SMILES string of the molecule is Cc1cncc(C(C)(N)Cc2ccccc2F)c1. The largest absolute Gasteiger partial charge is 0.321 e. The summed E-state index contributed by atoms with van der Waals surface area (Å²) in [5, 5.41) is 0. The number of nitrogens with zero attached hydrogens (tertiary/aromatic N) is 1. The highest BCUT2D eigenvalue weighted by Gasteiger charge is 2.23. The minimum Gasteiger partial charge on any atom is -0.321 e. The third-order valence-corrected chi connectivity index (χ3v) is 3.05. The molecule has 94 valence electrons. The molecule has 0 radical (unpaired) electrons. The molecule has 0 spiro atoms. The molecule has 1 aromatic carbocycles. The van der Waals surface area contributed by atoms with Crippen LogP contribution in [-0.4, -0.2) is 4.98 Å². The Bertz CT molecular complexity index is 550. The molecule has 0 saturated carbocycles. The Labute approximate surface area is 107 Å². The van der Waals surface area contributed by atoms with Crippen LogP contribution in [0.2, 0.25) is 0 Å². The Morgan fingerprint density at radius 2 is 2.00 bits per heavy atom. The van der Waals surface area contributed by atoms with E-state index in [9.17, 15) is 4.39 Å². The van der Waals surface area contributed by atoms with Gasteiger partial charge in [0.25, 0.3) is 0 Å². The fourth-order valence-electron chi connectivity index (χ4n) is 2.01. The monoisotopic (exact) mass is 244 g/mol. The zero-order valence-electron chi connectivity index (χ0n) is 10.7. The maximum Gasteiger partial charge on any atom is 0.126 e. The van der Waals surface area contributed by atoms with E-state index in [0.29, 0.717) is 12.0 Å². The number of hydrogen-bond acceptors (Lipinski definition) is 2. The first-order valence-corrected chi connectivity index (χ1v) is 5.93. The average Bonchev–Trinajstić information content (AvgIpc) is 2.32. The summed E-state index contributed by atoms with van der Waals surface area (Å²) in [6.07, 6.45) is 3.97. The van der Waals surface area contributed by atoms with Crippen molar-refractivity contribution in [2.24, 2.45) is 5.73 Å². The molecule has 2 N–H and O–H groups in total. The van der Waals surface area contributed by atoms with Gasteiger partial charge in [0.1, 0.15) is 5.82 Å². The molecule has 18 heavy (non-hydrogen) atoms. The highest BCUT2D eigenvalue weighted by Crippen LogP contribution is 2.24. The van der Waals surface area contributed by atoms with Gasteiger partial charge < -0.3 is 5.73 Å². The van der Waals surface area contributed by atoms with Crippen molar-refractivity contribution in [3.8, 4) is 0 Å². The number of pyridine rings is 1. The molecule has 0 aliphatic carbocycles. The summed E-state index contributed by atoms with van der Waals surface area (Å²) in [4.78, 5) is 4.14. The third kappa shape index (κ3) is 2.74. The van der Waals surface area contributed by atoms with Crippen molar-refractivity contribution in [3.05, 3.63) is 65.2 Å². The van der Waals surface area contributed by atoms with Crippen molar-refractivity contribution in [2.45, 2.75) is 25.8 Å². The molecule has 1 unspecified atom stereocenters. The van der Waals surface area contributed by atoms with E-state index < -0.39 is 5.54 Å². The average molecular weight is 244 g/mol. The molecular formula is C15H17FN2. The Morgan fingerprint density at radius 3 is 2.67 bits per heavy atom.